The molecular formula is C25H28N2O5. The molecule has 0 bridgehead atoms. The quantitative estimate of drug-likeness (QED) is 0.616. The van der Waals surface area contributed by atoms with Crippen molar-refractivity contribution in [2.24, 2.45) is 0 Å². The molecule has 2 aromatic rings. The summed E-state index contributed by atoms with van der Waals surface area (Å²) in [5.74, 6) is -2.36. The molecule has 3 N–H and O–H groups in total. The second-order valence-electron chi connectivity index (χ2n) is 8.58. The summed E-state index contributed by atoms with van der Waals surface area (Å²) < 4.78 is 0. The molecule has 32 heavy (non-hydrogen) atoms. The topological polar surface area (TPSA) is 107 Å². The summed E-state index contributed by atoms with van der Waals surface area (Å²) in [6.07, 6.45) is 3.07. The molecule has 1 saturated heterocycles. The highest BCUT2D eigenvalue weighted by Crippen LogP contribution is 2.39. The lowest BCUT2D eigenvalue weighted by Gasteiger charge is -2.41. The second-order valence-corrected chi connectivity index (χ2v) is 8.58. The van der Waals surface area contributed by atoms with E-state index in [9.17, 15) is 24.6 Å². The maximum atomic E-state index is 13.6. The summed E-state index contributed by atoms with van der Waals surface area (Å²) in [4.78, 5) is 39.1. The first-order chi connectivity index (χ1) is 15.5. The third-order valence-corrected chi connectivity index (χ3v) is 6.57. The Balaban J connectivity index is 1.61. The SMILES string of the molecule is O=C(O)[C@H](CCc1ccccc1)N[C@@H]1Cc2ccccc2C2CCC[C@H](C(=O)O)N2C1=O. The monoisotopic (exact) mass is 436 g/mol. The van der Waals surface area contributed by atoms with Crippen molar-refractivity contribution in [2.75, 3.05) is 0 Å². The number of fused-ring (bicyclic) bond motifs is 3. The number of benzene rings is 2. The van der Waals surface area contributed by atoms with Crippen LogP contribution in [-0.4, -0.2) is 51.1 Å². The van der Waals surface area contributed by atoms with Crippen LogP contribution >= 0.6 is 0 Å². The van der Waals surface area contributed by atoms with Gasteiger partial charge in [-0.3, -0.25) is 14.9 Å². The highest BCUT2D eigenvalue weighted by Gasteiger charge is 2.44. The summed E-state index contributed by atoms with van der Waals surface area (Å²) >= 11 is 0. The van der Waals surface area contributed by atoms with Crippen LogP contribution in [0, 0.1) is 0 Å². The number of nitrogens with one attached hydrogen (secondary N) is 1. The number of nitrogens with zero attached hydrogens (tertiary/aromatic N) is 1. The second kappa shape index (κ2) is 9.53. The molecule has 0 aromatic heterocycles. The number of carbonyl (C=O) groups is 3. The van der Waals surface area contributed by atoms with Gasteiger partial charge < -0.3 is 15.1 Å². The molecule has 0 saturated carbocycles. The molecule has 4 rings (SSSR count). The number of carboxylic acids is 2. The van der Waals surface area contributed by atoms with E-state index in [4.69, 9.17) is 0 Å². The zero-order chi connectivity index (χ0) is 22.7. The first-order valence-corrected chi connectivity index (χ1v) is 11.1. The van der Waals surface area contributed by atoms with Gasteiger partial charge >= 0.3 is 11.9 Å². The minimum atomic E-state index is -1.02. The van der Waals surface area contributed by atoms with E-state index in [1.165, 1.54) is 4.90 Å². The number of carboxylic acid groups (broad SMARTS) is 2. The van der Waals surface area contributed by atoms with E-state index in [0.29, 0.717) is 32.1 Å². The number of aliphatic carboxylic acids is 2. The largest absolute Gasteiger partial charge is 0.480 e. The van der Waals surface area contributed by atoms with Crippen LogP contribution in [-0.2, 0) is 27.2 Å². The molecule has 168 valence electrons. The van der Waals surface area contributed by atoms with Crippen molar-refractivity contribution in [1.82, 2.24) is 10.2 Å². The lowest BCUT2D eigenvalue weighted by molar-refractivity contribution is -0.156. The minimum absolute atomic E-state index is 0.298. The average Bonchev–Trinajstić information content (AvgIpc) is 2.92. The first-order valence-electron chi connectivity index (χ1n) is 11.1. The number of hydrogen-bond acceptors (Lipinski definition) is 4. The van der Waals surface area contributed by atoms with Crippen LogP contribution in [0.5, 0.6) is 0 Å². The van der Waals surface area contributed by atoms with Crippen molar-refractivity contribution in [3.8, 4) is 0 Å². The Kier molecular flexibility index (Phi) is 6.55. The Bertz CT molecular complexity index is 993. The van der Waals surface area contributed by atoms with E-state index >= 15 is 0 Å². The van der Waals surface area contributed by atoms with Crippen LogP contribution in [0.15, 0.2) is 54.6 Å². The Morgan fingerprint density at radius 2 is 1.75 bits per heavy atom. The molecule has 0 radical (unpaired) electrons. The zero-order valence-electron chi connectivity index (χ0n) is 17.8. The lowest BCUT2D eigenvalue weighted by Crippen LogP contribution is -2.57. The number of piperidine rings is 1. The molecule has 4 atom stereocenters. The maximum Gasteiger partial charge on any atom is 0.326 e. The number of aryl methyl sites for hydroxylation is 1. The minimum Gasteiger partial charge on any atom is -0.480 e. The van der Waals surface area contributed by atoms with Gasteiger partial charge in [-0.1, -0.05) is 54.6 Å². The molecular weight excluding hydrogens is 408 g/mol. The fraction of sp³-hybridized carbons (Fsp3) is 0.400. The van der Waals surface area contributed by atoms with Crippen molar-refractivity contribution in [2.45, 2.75) is 62.7 Å². The fourth-order valence-electron chi connectivity index (χ4n) is 4.99. The van der Waals surface area contributed by atoms with E-state index in [-0.39, 0.29) is 11.9 Å². The number of carbonyl (C=O) groups excluding carboxylic acids is 1. The Morgan fingerprint density at radius 1 is 1.03 bits per heavy atom. The molecule has 7 nitrogen and oxygen atoms in total. The van der Waals surface area contributed by atoms with Gasteiger partial charge in [-0.25, -0.2) is 4.79 Å². The highest BCUT2D eigenvalue weighted by atomic mass is 16.4. The van der Waals surface area contributed by atoms with Gasteiger partial charge in [0.2, 0.25) is 5.91 Å². The van der Waals surface area contributed by atoms with Gasteiger partial charge in [0.05, 0.1) is 12.1 Å². The first kappa shape index (κ1) is 22.0. The lowest BCUT2D eigenvalue weighted by atomic mass is 9.89. The van der Waals surface area contributed by atoms with Crippen LogP contribution in [0.3, 0.4) is 0 Å². The highest BCUT2D eigenvalue weighted by molar-refractivity contribution is 5.89. The molecule has 0 spiro atoms. The third kappa shape index (κ3) is 4.53. The molecule has 7 heteroatoms. The van der Waals surface area contributed by atoms with Gasteiger partial charge in [-0.15, -0.1) is 0 Å². The van der Waals surface area contributed by atoms with Gasteiger partial charge in [0.1, 0.15) is 12.1 Å². The van der Waals surface area contributed by atoms with E-state index < -0.39 is 30.1 Å². The van der Waals surface area contributed by atoms with E-state index in [1.807, 2.05) is 54.6 Å². The van der Waals surface area contributed by atoms with Gasteiger partial charge in [-0.2, -0.15) is 0 Å². The van der Waals surface area contributed by atoms with Gasteiger partial charge in [0.25, 0.3) is 0 Å². The van der Waals surface area contributed by atoms with Crippen molar-refractivity contribution >= 4 is 17.8 Å². The molecule has 1 fully saturated rings. The van der Waals surface area contributed by atoms with Crippen LogP contribution in [0.2, 0.25) is 0 Å². The van der Waals surface area contributed by atoms with E-state index in [0.717, 1.165) is 23.1 Å². The van der Waals surface area contributed by atoms with E-state index in [1.54, 1.807) is 0 Å². The summed E-state index contributed by atoms with van der Waals surface area (Å²) in [5.41, 5.74) is 2.96. The standard InChI is InChI=1S/C25H28N2O5/c28-23-20(26-19(24(29)30)14-13-16-7-2-1-3-8-16)15-17-9-4-5-10-18(17)21-11-6-12-22(25(31)32)27(21)23/h1-5,7-10,19-22,26H,6,11-15H2,(H,29,30)(H,31,32)/t19-,20+,21?,22+/m0/s1. The van der Waals surface area contributed by atoms with Crippen LogP contribution in [0.25, 0.3) is 0 Å². The molecule has 2 aromatic carbocycles. The molecule has 1 amide bonds. The van der Waals surface area contributed by atoms with Gasteiger partial charge in [0.15, 0.2) is 0 Å². The Labute approximate surface area is 187 Å². The number of rotatable bonds is 7. The zero-order valence-corrected chi connectivity index (χ0v) is 17.8. The number of amides is 1. The van der Waals surface area contributed by atoms with Crippen molar-refractivity contribution in [1.29, 1.82) is 0 Å². The van der Waals surface area contributed by atoms with Crippen LogP contribution < -0.4 is 5.32 Å². The number of hydrogen-bond donors (Lipinski definition) is 3. The molecule has 1 unspecified atom stereocenters. The predicted octanol–water partition coefficient (Wildman–Crippen LogP) is 2.79. The van der Waals surface area contributed by atoms with Crippen LogP contribution in [0.1, 0.15) is 48.4 Å². The Morgan fingerprint density at radius 3 is 2.47 bits per heavy atom. The molecule has 0 aliphatic carbocycles. The van der Waals surface area contributed by atoms with Crippen molar-refractivity contribution in [3.05, 3.63) is 71.3 Å². The third-order valence-electron chi connectivity index (χ3n) is 6.57. The summed E-state index contributed by atoms with van der Waals surface area (Å²) in [6, 6.07) is 14.4. The molecule has 2 aliphatic heterocycles. The summed E-state index contributed by atoms with van der Waals surface area (Å²) in [6.45, 7) is 0. The van der Waals surface area contributed by atoms with Crippen LogP contribution in [0.4, 0.5) is 0 Å². The normalized spacial score (nSPS) is 23.6. The molecule has 2 aliphatic rings. The van der Waals surface area contributed by atoms with Crippen molar-refractivity contribution < 1.29 is 24.6 Å². The summed E-state index contributed by atoms with van der Waals surface area (Å²) in [7, 11) is 0. The smallest absolute Gasteiger partial charge is 0.326 e. The molecule has 2 heterocycles. The Hall–Kier alpha value is -3.19. The van der Waals surface area contributed by atoms with E-state index in [2.05, 4.69) is 5.32 Å². The summed E-state index contributed by atoms with van der Waals surface area (Å²) in [5, 5.41) is 22.7. The fourth-order valence-corrected chi connectivity index (χ4v) is 4.99. The van der Waals surface area contributed by atoms with Crippen molar-refractivity contribution in [3.63, 3.8) is 0 Å². The van der Waals surface area contributed by atoms with Gasteiger partial charge in [-0.05, 0) is 55.2 Å². The predicted molar refractivity (Wildman–Crippen MR) is 118 cm³/mol. The maximum absolute atomic E-state index is 13.6. The average molecular weight is 437 g/mol. The van der Waals surface area contributed by atoms with Gasteiger partial charge in [0, 0.05) is 0 Å².